The molecule has 21 heavy (non-hydrogen) atoms. The van der Waals surface area contributed by atoms with Crippen LogP contribution in [0.15, 0.2) is 24.3 Å². The summed E-state index contributed by atoms with van der Waals surface area (Å²) in [6.45, 7) is 3.67. The lowest BCUT2D eigenvalue weighted by molar-refractivity contribution is -0.137. The molecule has 6 heteroatoms. The molecule has 1 aliphatic carbocycles. The molecule has 1 aromatic rings. The van der Waals surface area contributed by atoms with E-state index in [2.05, 4.69) is 0 Å². The van der Waals surface area contributed by atoms with Crippen molar-refractivity contribution in [3.05, 3.63) is 35.4 Å². The van der Waals surface area contributed by atoms with Crippen LogP contribution in [-0.2, 0) is 17.2 Å². The van der Waals surface area contributed by atoms with Crippen molar-refractivity contribution in [1.82, 2.24) is 0 Å². The molecule has 0 aromatic heterocycles. The summed E-state index contributed by atoms with van der Waals surface area (Å²) in [5.74, 6) is 0.583. The van der Waals surface area contributed by atoms with Crippen LogP contribution in [0.4, 0.5) is 13.2 Å². The van der Waals surface area contributed by atoms with E-state index in [1.54, 1.807) is 12.1 Å². The molecule has 0 saturated heterocycles. The molecule has 1 aliphatic rings. The maximum Gasteiger partial charge on any atom is 0.416 e. The van der Waals surface area contributed by atoms with Crippen LogP contribution in [0, 0.1) is 5.92 Å². The summed E-state index contributed by atoms with van der Waals surface area (Å²) < 4.78 is 48.9. The Morgan fingerprint density at radius 3 is 2.14 bits per heavy atom. The van der Waals surface area contributed by atoms with Gasteiger partial charge in [-0.05, 0) is 62.6 Å². The molecule has 0 aliphatic heterocycles. The maximum absolute atomic E-state index is 12.6. The lowest BCUT2D eigenvalue weighted by Crippen LogP contribution is -2.34. The Bertz CT molecular complexity index is 521. The molecule has 1 saturated carbocycles. The van der Waals surface area contributed by atoms with E-state index in [0.29, 0.717) is 12.3 Å². The van der Waals surface area contributed by atoms with E-state index in [1.807, 2.05) is 13.8 Å². The van der Waals surface area contributed by atoms with Gasteiger partial charge in [-0.3, -0.25) is 5.14 Å². The Hall–Kier alpha value is -0.880. The molecule has 1 aromatic carbocycles. The lowest BCUT2D eigenvalue weighted by Gasteiger charge is -2.28. The predicted octanol–water partition coefficient (Wildman–Crippen LogP) is 3.99. The number of benzene rings is 1. The van der Waals surface area contributed by atoms with E-state index in [-0.39, 0.29) is 5.92 Å². The van der Waals surface area contributed by atoms with Crippen LogP contribution < -0.4 is 5.14 Å². The molecule has 2 rings (SSSR count). The summed E-state index contributed by atoms with van der Waals surface area (Å²) in [5, 5.41) is 5.52. The number of alkyl halides is 3. The average molecular weight is 319 g/mol. The zero-order chi connectivity index (χ0) is 15.8. The largest absolute Gasteiger partial charge is 0.416 e. The van der Waals surface area contributed by atoms with Crippen molar-refractivity contribution in [3.8, 4) is 0 Å². The van der Waals surface area contributed by atoms with Crippen molar-refractivity contribution in [3.63, 3.8) is 0 Å². The monoisotopic (exact) mass is 319 g/mol. The van der Waals surface area contributed by atoms with Gasteiger partial charge in [0.15, 0.2) is 0 Å². The molecule has 0 radical (unpaired) electrons. The summed E-state index contributed by atoms with van der Waals surface area (Å²) in [6, 6.07) is 5.33. The lowest BCUT2D eigenvalue weighted by atomic mass is 9.85. The van der Waals surface area contributed by atoms with Gasteiger partial charge in [-0.2, -0.15) is 13.2 Å². The normalized spacial score (nSPS) is 19.3. The topological polar surface area (TPSA) is 43.1 Å². The fourth-order valence-electron chi connectivity index (χ4n) is 2.59. The predicted molar refractivity (Wildman–Crippen MR) is 77.9 cm³/mol. The summed E-state index contributed by atoms with van der Waals surface area (Å²) in [4.78, 5) is 0. The first kappa shape index (κ1) is 16.5. The zero-order valence-corrected chi connectivity index (χ0v) is 12.9. The Labute approximate surface area is 125 Å². The highest BCUT2D eigenvalue weighted by atomic mass is 32.2. The highest BCUT2D eigenvalue weighted by Gasteiger charge is 2.38. The third-order valence-electron chi connectivity index (χ3n) is 4.11. The van der Waals surface area contributed by atoms with Crippen molar-refractivity contribution >= 4 is 11.0 Å². The van der Waals surface area contributed by atoms with Crippen LogP contribution in [0.3, 0.4) is 0 Å². The number of hydrogen-bond donors (Lipinski definition) is 1. The average Bonchev–Trinajstić information content (AvgIpc) is 3.19. The molecule has 2 atom stereocenters. The van der Waals surface area contributed by atoms with Crippen LogP contribution >= 0.6 is 0 Å². The summed E-state index contributed by atoms with van der Waals surface area (Å²) in [6.07, 6.45) is -1.56. The smallest absolute Gasteiger partial charge is 0.251 e. The van der Waals surface area contributed by atoms with Gasteiger partial charge in [0.2, 0.25) is 0 Å². The summed E-state index contributed by atoms with van der Waals surface area (Å²) >= 11 is 0. The standard InChI is InChI=1S/C15H20F3NOS/c1-14(2,21(19)20)9-13(10-3-4-10)11-5-7-12(8-6-11)15(16,17)18/h5-8,10,13H,3-4,9,19H2,1-2H3/t13-,21?/m0/s1. The Morgan fingerprint density at radius 2 is 1.76 bits per heavy atom. The summed E-state index contributed by atoms with van der Waals surface area (Å²) in [7, 11) is -1.46. The van der Waals surface area contributed by atoms with Gasteiger partial charge in [-0.25, -0.2) is 4.21 Å². The second kappa shape index (κ2) is 5.72. The molecule has 1 unspecified atom stereocenters. The maximum atomic E-state index is 12.6. The first-order chi connectivity index (χ1) is 9.61. The highest BCUT2D eigenvalue weighted by molar-refractivity contribution is 7.84. The minimum atomic E-state index is -4.31. The van der Waals surface area contributed by atoms with E-state index in [0.717, 1.165) is 30.5 Å². The van der Waals surface area contributed by atoms with Crippen LogP contribution in [-0.4, -0.2) is 8.96 Å². The second-order valence-corrected chi connectivity index (χ2v) is 8.02. The van der Waals surface area contributed by atoms with Gasteiger partial charge < -0.3 is 0 Å². The van der Waals surface area contributed by atoms with Gasteiger partial charge in [-0.15, -0.1) is 0 Å². The molecule has 1 fully saturated rings. The number of hydrogen-bond acceptors (Lipinski definition) is 1. The second-order valence-electron chi connectivity index (χ2n) is 6.32. The number of nitrogens with two attached hydrogens (primary N) is 1. The van der Waals surface area contributed by atoms with E-state index in [4.69, 9.17) is 5.14 Å². The molecule has 0 amide bonds. The van der Waals surface area contributed by atoms with Crippen LogP contribution in [0.5, 0.6) is 0 Å². The third kappa shape index (κ3) is 4.07. The van der Waals surface area contributed by atoms with Crippen molar-refractivity contribution in [2.24, 2.45) is 11.1 Å². The van der Waals surface area contributed by atoms with E-state index >= 15 is 0 Å². The first-order valence-electron chi connectivity index (χ1n) is 6.95. The van der Waals surface area contributed by atoms with Crippen molar-refractivity contribution in [1.29, 1.82) is 0 Å². The molecule has 118 valence electrons. The fraction of sp³-hybridized carbons (Fsp3) is 0.600. The minimum absolute atomic E-state index is 0.120. The van der Waals surface area contributed by atoms with Gasteiger partial charge in [0, 0.05) is 0 Å². The molecule has 0 spiro atoms. The van der Waals surface area contributed by atoms with Crippen LogP contribution in [0.1, 0.15) is 50.2 Å². The highest BCUT2D eigenvalue weighted by Crippen LogP contribution is 2.47. The Morgan fingerprint density at radius 1 is 1.24 bits per heavy atom. The van der Waals surface area contributed by atoms with Gasteiger partial charge in [0.25, 0.3) is 0 Å². The zero-order valence-electron chi connectivity index (χ0n) is 12.1. The molecular weight excluding hydrogens is 299 g/mol. The van der Waals surface area contributed by atoms with Gasteiger partial charge >= 0.3 is 6.18 Å². The molecule has 2 nitrogen and oxygen atoms in total. The van der Waals surface area contributed by atoms with Gasteiger partial charge in [0.1, 0.15) is 0 Å². The van der Waals surface area contributed by atoms with Crippen LogP contribution in [0.25, 0.3) is 0 Å². The van der Waals surface area contributed by atoms with E-state index in [9.17, 15) is 17.4 Å². The van der Waals surface area contributed by atoms with Crippen molar-refractivity contribution in [2.45, 2.75) is 50.0 Å². The quantitative estimate of drug-likeness (QED) is 0.876. The number of rotatable bonds is 5. The minimum Gasteiger partial charge on any atom is -0.251 e. The van der Waals surface area contributed by atoms with Crippen molar-refractivity contribution < 1.29 is 17.4 Å². The van der Waals surface area contributed by atoms with Gasteiger partial charge in [0.05, 0.1) is 21.3 Å². The molecule has 2 N–H and O–H groups in total. The Kier molecular flexibility index (Phi) is 4.49. The van der Waals surface area contributed by atoms with Crippen LogP contribution in [0.2, 0.25) is 0 Å². The van der Waals surface area contributed by atoms with E-state index in [1.165, 1.54) is 0 Å². The third-order valence-corrected chi connectivity index (χ3v) is 5.37. The number of halogens is 3. The van der Waals surface area contributed by atoms with Gasteiger partial charge in [-0.1, -0.05) is 12.1 Å². The first-order valence-corrected chi connectivity index (χ1v) is 8.16. The molecule has 0 heterocycles. The summed E-state index contributed by atoms with van der Waals surface area (Å²) in [5.41, 5.74) is 0.242. The Balaban J connectivity index is 2.21. The van der Waals surface area contributed by atoms with E-state index < -0.39 is 27.5 Å². The molecule has 0 bridgehead atoms. The van der Waals surface area contributed by atoms with Crippen molar-refractivity contribution in [2.75, 3.05) is 0 Å². The molecular formula is C15H20F3NOS. The SMILES string of the molecule is CC(C)(C[C@H](c1ccc(C(F)(F)F)cc1)C1CC1)S(N)=O. The fourth-order valence-corrected chi connectivity index (χ4v) is 2.93.